The Hall–Kier alpha value is 0.466. The van der Waals surface area contributed by atoms with Gasteiger partial charge in [0.2, 0.25) is 0 Å². The maximum Gasteiger partial charge on any atom is 2.00 e. The number of hydrogen-bond acceptors (Lipinski definition) is 0. The van der Waals surface area contributed by atoms with E-state index in [1.54, 1.807) is 0 Å². The summed E-state index contributed by atoms with van der Waals surface area (Å²) in [5.41, 5.74) is 4.33. The molecular formula is C15H25BrMg. The fourth-order valence-electron chi connectivity index (χ4n) is 1.87. The molecule has 0 aliphatic carbocycles. The Kier molecular flexibility index (Phi) is 7.35. The van der Waals surface area contributed by atoms with Crippen molar-refractivity contribution >= 4 is 39.0 Å². The summed E-state index contributed by atoms with van der Waals surface area (Å²) in [7, 11) is 0. The molecule has 17 heavy (non-hydrogen) atoms. The maximum absolute atomic E-state index is 3.77. The van der Waals surface area contributed by atoms with Gasteiger partial charge in [-0.15, -0.1) is 0 Å². The van der Waals surface area contributed by atoms with Gasteiger partial charge in [0.15, 0.2) is 0 Å². The first kappa shape index (κ1) is 17.5. The van der Waals surface area contributed by atoms with Crippen LogP contribution in [0.2, 0.25) is 0 Å². The summed E-state index contributed by atoms with van der Waals surface area (Å²) in [4.78, 5) is 0. The predicted octanol–water partition coefficient (Wildman–Crippen LogP) is 5.66. The molecule has 0 spiro atoms. The second-order valence-electron chi connectivity index (χ2n) is 5.48. The molecule has 0 saturated heterocycles. The van der Waals surface area contributed by atoms with Crippen molar-refractivity contribution in [3.63, 3.8) is 0 Å². The van der Waals surface area contributed by atoms with Crippen LogP contribution in [0.15, 0.2) is 16.6 Å². The standard InChI is InChI=1S/C15H23Br.Mg.2H/c1-9(2)12-7-13(10(3)4)15(16)14(8-12)11(5)6;;;/h7-11H,1-6H3;;;/q;+2;2*-1. The first-order valence-electron chi connectivity index (χ1n) is 6.17. The van der Waals surface area contributed by atoms with Gasteiger partial charge in [0.25, 0.3) is 0 Å². The van der Waals surface area contributed by atoms with Crippen molar-refractivity contribution in [2.75, 3.05) is 0 Å². The van der Waals surface area contributed by atoms with Crippen molar-refractivity contribution in [3.8, 4) is 0 Å². The second kappa shape index (κ2) is 7.15. The van der Waals surface area contributed by atoms with Gasteiger partial charge in [-0.3, -0.25) is 0 Å². The third-order valence-corrected chi connectivity index (χ3v) is 3.98. The Balaban J connectivity index is -0.000000853. The van der Waals surface area contributed by atoms with Crippen molar-refractivity contribution in [2.24, 2.45) is 0 Å². The van der Waals surface area contributed by atoms with E-state index in [9.17, 15) is 0 Å². The van der Waals surface area contributed by atoms with E-state index in [2.05, 4.69) is 69.6 Å². The zero-order valence-electron chi connectivity index (χ0n) is 14.0. The summed E-state index contributed by atoms with van der Waals surface area (Å²) in [5.74, 6) is 1.75. The molecule has 1 aromatic rings. The van der Waals surface area contributed by atoms with E-state index in [0.717, 1.165) is 0 Å². The van der Waals surface area contributed by atoms with Crippen LogP contribution in [0.1, 0.15) is 78.8 Å². The Morgan fingerprint density at radius 1 is 0.824 bits per heavy atom. The van der Waals surface area contributed by atoms with E-state index in [-0.39, 0.29) is 25.9 Å². The van der Waals surface area contributed by atoms with Gasteiger partial charge in [-0.25, -0.2) is 0 Å². The van der Waals surface area contributed by atoms with Crippen LogP contribution in [-0.2, 0) is 0 Å². The number of rotatable bonds is 3. The number of halogens is 1. The zero-order valence-corrected chi connectivity index (χ0v) is 15.0. The van der Waals surface area contributed by atoms with E-state index in [1.165, 1.54) is 21.2 Å². The van der Waals surface area contributed by atoms with Gasteiger partial charge in [-0.1, -0.05) is 69.6 Å². The fourth-order valence-corrected chi connectivity index (χ4v) is 3.01. The molecule has 0 fully saturated rings. The molecule has 1 aromatic carbocycles. The summed E-state index contributed by atoms with van der Waals surface area (Å²) >= 11 is 3.77. The molecule has 0 aliphatic rings. The van der Waals surface area contributed by atoms with Gasteiger partial charge in [-0.05, 0) is 34.4 Å². The molecule has 0 saturated carbocycles. The topological polar surface area (TPSA) is 0 Å². The van der Waals surface area contributed by atoms with Crippen molar-refractivity contribution in [1.29, 1.82) is 0 Å². The van der Waals surface area contributed by atoms with Crippen LogP contribution in [0.5, 0.6) is 0 Å². The zero-order chi connectivity index (χ0) is 12.5. The van der Waals surface area contributed by atoms with Crippen LogP contribution in [0.3, 0.4) is 0 Å². The molecule has 0 amide bonds. The normalized spacial score (nSPS) is 11.2. The number of hydrogen-bond donors (Lipinski definition) is 0. The van der Waals surface area contributed by atoms with Crippen LogP contribution in [0.25, 0.3) is 0 Å². The molecule has 2 heteroatoms. The minimum atomic E-state index is 0. The molecular weight excluding hydrogens is 284 g/mol. The van der Waals surface area contributed by atoms with Crippen LogP contribution in [0, 0.1) is 0 Å². The Bertz CT molecular complexity index is 347. The van der Waals surface area contributed by atoms with Gasteiger partial charge in [0.05, 0.1) is 0 Å². The molecule has 0 radical (unpaired) electrons. The molecule has 0 N–H and O–H groups in total. The Morgan fingerprint density at radius 3 is 1.41 bits per heavy atom. The fraction of sp³-hybridized carbons (Fsp3) is 0.600. The molecule has 0 bridgehead atoms. The van der Waals surface area contributed by atoms with Crippen molar-refractivity contribution in [2.45, 2.75) is 59.3 Å². The van der Waals surface area contributed by atoms with E-state index < -0.39 is 0 Å². The predicted molar refractivity (Wildman–Crippen MR) is 84.4 cm³/mol. The van der Waals surface area contributed by atoms with Crippen LogP contribution in [-0.4, -0.2) is 23.1 Å². The molecule has 0 heterocycles. The Morgan fingerprint density at radius 2 is 1.18 bits per heavy atom. The summed E-state index contributed by atoms with van der Waals surface area (Å²) in [6, 6.07) is 4.70. The summed E-state index contributed by atoms with van der Waals surface area (Å²) in [6.07, 6.45) is 0. The van der Waals surface area contributed by atoms with E-state index >= 15 is 0 Å². The quantitative estimate of drug-likeness (QED) is 0.632. The largest absolute Gasteiger partial charge is 2.00 e. The average Bonchev–Trinajstić information content (AvgIpc) is 2.16. The molecule has 94 valence electrons. The maximum atomic E-state index is 3.77. The van der Waals surface area contributed by atoms with E-state index in [0.29, 0.717) is 17.8 Å². The molecule has 0 atom stereocenters. The third-order valence-electron chi connectivity index (χ3n) is 3.06. The summed E-state index contributed by atoms with van der Waals surface area (Å²) in [6.45, 7) is 13.6. The molecule has 0 unspecified atom stereocenters. The van der Waals surface area contributed by atoms with Gasteiger partial charge in [-0.2, -0.15) is 0 Å². The molecule has 0 aromatic heterocycles. The summed E-state index contributed by atoms with van der Waals surface area (Å²) in [5, 5.41) is 0. The molecule has 0 nitrogen and oxygen atoms in total. The third kappa shape index (κ3) is 4.25. The monoisotopic (exact) mass is 308 g/mol. The molecule has 1 rings (SSSR count). The first-order valence-corrected chi connectivity index (χ1v) is 6.97. The minimum Gasteiger partial charge on any atom is -1.00 e. The van der Waals surface area contributed by atoms with E-state index in [4.69, 9.17) is 0 Å². The van der Waals surface area contributed by atoms with Gasteiger partial charge in [0.1, 0.15) is 0 Å². The van der Waals surface area contributed by atoms with Crippen LogP contribution in [0.4, 0.5) is 0 Å². The van der Waals surface area contributed by atoms with Gasteiger partial charge in [0, 0.05) is 4.47 Å². The average molecular weight is 310 g/mol. The minimum absolute atomic E-state index is 0. The summed E-state index contributed by atoms with van der Waals surface area (Å²) < 4.78 is 1.31. The van der Waals surface area contributed by atoms with Crippen molar-refractivity contribution in [1.82, 2.24) is 0 Å². The van der Waals surface area contributed by atoms with Crippen LogP contribution >= 0.6 is 15.9 Å². The first-order chi connectivity index (χ1) is 7.34. The van der Waals surface area contributed by atoms with E-state index in [1.807, 2.05) is 0 Å². The van der Waals surface area contributed by atoms with Crippen molar-refractivity contribution < 1.29 is 2.85 Å². The Labute approximate surface area is 134 Å². The second-order valence-corrected chi connectivity index (χ2v) is 6.27. The SMILES string of the molecule is CC(C)c1cc(C(C)C)c(Br)c(C(C)C)c1.[H-].[H-].[Mg+2]. The van der Waals surface area contributed by atoms with Gasteiger partial charge < -0.3 is 2.85 Å². The van der Waals surface area contributed by atoms with Gasteiger partial charge >= 0.3 is 23.1 Å². The van der Waals surface area contributed by atoms with Crippen LogP contribution < -0.4 is 0 Å². The molecule has 0 aliphatic heterocycles. The smallest absolute Gasteiger partial charge is 1.00 e. The van der Waals surface area contributed by atoms with Crippen molar-refractivity contribution in [3.05, 3.63) is 33.3 Å². The number of benzene rings is 1.